The summed E-state index contributed by atoms with van der Waals surface area (Å²) in [5.41, 5.74) is 1.10. The first-order valence-corrected chi connectivity index (χ1v) is 10.3. The van der Waals surface area contributed by atoms with Gasteiger partial charge in [0.1, 0.15) is 0 Å². The van der Waals surface area contributed by atoms with E-state index >= 15 is 0 Å². The molecule has 0 radical (unpaired) electrons. The lowest BCUT2D eigenvalue weighted by Crippen LogP contribution is -2.62. The van der Waals surface area contributed by atoms with E-state index < -0.39 is 0 Å². The van der Waals surface area contributed by atoms with Crippen LogP contribution in [0.15, 0.2) is 0 Å². The van der Waals surface area contributed by atoms with Gasteiger partial charge in [-0.1, -0.05) is 54.9 Å². The van der Waals surface area contributed by atoms with Crippen molar-refractivity contribution in [3.8, 4) is 0 Å². The molecule has 0 aliphatic heterocycles. The van der Waals surface area contributed by atoms with Crippen molar-refractivity contribution in [2.75, 3.05) is 7.05 Å². The Morgan fingerprint density at radius 1 is 0.750 bits per heavy atom. The van der Waals surface area contributed by atoms with Crippen LogP contribution in [-0.4, -0.2) is 23.0 Å². The molecule has 0 aromatic heterocycles. The monoisotopic (exact) mass is 337 g/mol. The average Bonchev–Trinajstić information content (AvgIpc) is 2.43. The predicted molar refractivity (Wildman–Crippen MR) is 109 cm³/mol. The van der Waals surface area contributed by atoms with E-state index in [1.807, 2.05) is 0 Å². The fourth-order valence-corrected chi connectivity index (χ4v) is 4.55. The molecule has 1 aliphatic rings. The molecule has 3 atom stereocenters. The lowest BCUT2D eigenvalue weighted by Gasteiger charge is -2.57. The fourth-order valence-electron chi connectivity index (χ4n) is 4.55. The van der Waals surface area contributed by atoms with Gasteiger partial charge >= 0.3 is 0 Å². The van der Waals surface area contributed by atoms with Crippen molar-refractivity contribution < 1.29 is 0 Å². The lowest BCUT2D eigenvalue weighted by molar-refractivity contribution is -0.0741. The van der Waals surface area contributed by atoms with Gasteiger partial charge in [0.25, 0.3) is 0 Å². The molecule has 1 aliphatic carbocycles. The lowest BCUT2D eigenvalue weighted by atomic mass is 9.60. The Bertz CT molecular complexity index is 405. The third kappa shape index (κ3) is 4.37. The number of nitrogens with zero attached hydrogens (tertiary/aromatic N) is 1. The molecule has 3 unspecified atom stereocenters. The molecule has 1 heteroatoms. The predicted octanol–water partition coefficient (Wildman–Crippen LogP) is 7.01. The van der Waals surface area contributed by atoms with Gasteiger partial charge in [-0.15, -0.1) is 0 Å². The third-order valence-electron chi connectivity index (χ3n) is 8.14. The van der Waals surface area contributed by atoms with Gasteiger partial charge in [-0.05, 0) is 82.6 Å². The molecule has 0 aromatic rings. The first-order valence-electron chi connectivity index (χ1n) is 10.3. The zero-order valence-corrected chi connectivity index (χ0v) is 19.0. The van der Waals surface area contributed by atoms with E-state index in [-0.39, 0.29) is 16.5 Å². The van der Waals surface area contributed by atoms with Crippen LogP contribution in [0.1, 0.15) is 102 Å². The summed E-state index contributed by atoms with van der Waals surface area (Å²) in [6, 6.07) is 0. The minimum Gasteiger partial charge on any atom is -0.295 e. The second kappa shape index (κ2) is 6.93. The molecule has 0 heterocycles. The van der Waals surface area contributed by atoms with Crippen LogP contribution >= 0.6 is 0 Å². The first-order chi connectivity index (χ1) is 10.5. The molecular formula is C23H47N. The fraction of sp³-hybridized carbons (Fsp3) is 1.00. The van der Waals surface area contributed by atoms with Gasteiger partial charge in [-0.25, -0.2) is 0 Å². The van der Waals surface area contributed by atoms with E-state index in [4.69, 9.17) is 0 Å². The van der Waals surface area contributed by atoms with Crippen molar-refractivity contribution in [2.24, 2.45) is 28.6 Å². The molecular weight excluding hydrogens is 290 g/mol. The van der Waals surface area contributed by atoms with Crippen LogP contribution < -0.4 is 0 Å². The zero-order valence-electron chi connectivity index (χ0n) is 19.0. The molecule has 1 fully saturated rings. The van der Waals surface area contributed by atoms with E-state index in [1.54, 1.807) is 0 Å². The molecule has 0 spiro atoms. The first kappa shape index (κ1) is 22.0. The molecule has 144 valence electrons. The van der Waals surface area contributed by atoms with E-state index in [2.05, 4.69) is 88.1 Å². The molecule has 0 aromatic carbocycles. The maximum atomic E-state index is 2.70. The minimum absolute atomic E-state index is 0.173. The maximum absolute atomic E-state index is 2.70. The molecule has 1 nitrogen and oxygen atoms in total. The standard InChI is InChI=1S/C23H47N/c1-13-17-14-18(20(2,3)4)16-19(15-17)22(8,9)24(12)23(10,11)21(5,6)7/h17-19H,13-16H2,1-12H3. The van der Waals surface area contributed by atoms with Gasteiger partial charge < -0.3 is 0 Å². The van der Waals surface area contributed by atoms with Crippen LogP contribution in [0.3, 0.4) is 0 Å². The quantitative estimate of drug-likeness (QED) is 0.533. The Hall–Kier alpha value is -0.0400. The Kier molecular flexibility index (Phi) is 6.36. The number of hydrogen-bond donors (Lipinski definition) is 0. The van der Waals surface area contributed by atoms with Gasteiger partial charge in [-0.2, -0.15) is 0 Å². The summed E-state index contributed by atoms with van der Waals surface area (Å²) in [5.74, 6) is 2.54. The van der Waals surface area contributed by atoms with Gasteiger partial charge in [-0.3, -0.25) is 4.90 Å². The molecule has 1 saturated carbocycles. The van der Waals surface area contributed by atoms with Crippen LogP contribution in [0.25, 0.3) is 0 Å². The van der Waals surface area contributed by atoms with Gasteiger partial charge in [0.2, 0.25) is 0 Å². The Balaban J connectivity index is 3.11. The van der Waals surface area contributed by atoms with Crippen LogP contribution in [0.2, 0.25) is 0 Å². The third-order valence-corrected chi connectivity index (χ3v) is 8.14. The Morgan fingerprint density at radius 2 is 1.21 bits per heavy atom. The summed E-state index contributed by atoms with van der Waals surface area (Å²) in [6.07, 6.45) is 5.56. The van der Waals surface area contributed by atoms with Crippen molar-refractivity contribution in [1.82, 2.24) is 4.90 Å². The minimum atomic E-state index is 0.173. The van der Waals surface area contributed by atoms with E-state index in [9.17, 15) is 0 Å². The van der Waals surface area contributed by atoms with Crippen LogP contribution in [-0.2, 0) is 0 Å². The molecule has 24 heavy (non-hydrogen) atoms. The van der Waals surface area contributed by atoms with Crippen molar-refractivity contribution in [1.29, 1.82) is 0 Å². The SMILES string of the molecule is CCC1CC(C(C)(C)C)CC(C(C)(C)N(C)C(C)(C)C(C)(C)C)C1. The highest BCUT2D eigenvalue weighted by Gasteiger charge is 2.48. The van der Waals surface area contributed by atoms with Gasteiger partial charge in [0.15, 0.2) is 0 Å². The van der Waals surface area contributed by atoms with Crippen LogP contribution in [0.5, 0.6) is 0 Å². The smallest absolute Gasteiger partial charge is 0.0203 e. The summed E-state index contributed by atoms with van der Waals surface area (Å²) >= 11 is 0. The topological polar surface area (TPSA) is 3.24 Å². The number of rotatable bonds is 4. The highest BCUT2D eigenvalue weighted by Crippen LogP contribution is 2.50. The van der Waals surface area contributed by atoms with Crippen molar-refractivity contribution >= 4 is 0 Å². The van der Waals surface area contributed by atoms with Crippen molar-refractivity contribution in [2.45, 2.75) is 113 Å². The van der Waals surface area contributed by atoms with Crippen LogP contribution in [0.4, 0.5) is 0 Å². The van der Waals surface area contributed by atoms with E-state index in [0.717, 1.165) is 17.8 Å². The Labute approximate surface area is 154 Å². The normalized spacial score (nSPS) is 27.6. The average molecular weight is 338 g/mol. The van der Waals surface area contributed by atoms with E-state index in [1.165, 1.54) is 25.7 Å². The van der Waals surface area contributed by atoms with Gasteiger partial charge in [0, 0.05) is 11.1 Å². The van der Waals surface area contributed by atoms with Crippen molar-refractivity contribution in [3.63, 3.8) is 0 Å². The van der Waals surface area contributed by atoms with E-state index in [0.29, 0.717) is 5.41 Å². The molecule has 0 N–H and O–H groups in total. The molecule has 1 rings (SSSR count). The van der Waals surface area contributed by atoms with Crippen molar-refractivity contribution in [3.05, 3.63) is 0 Å². The highest BCUT2D eigenvalue weighted by molar-refractivity contribution is 5.02. The largest absolute Gasteiger partial charge is 0.295 e. The summed E-state index contributed by atoms with van der Waals surface area (Å²) in [7, 11) is 2.37. The molecule has 0 bridgehead atoms. The summed E-state index contributed by atoms with van der Waals surface area (Å²) in [4.78, 5) is 2.70. The second-order valence-electron chi connectivity index (χ2n) is 11.8. The van der Waals surface area contributed by atoms with Gasteiger partial charge in [0.05, 0.1) is 0 Å². The van der Waals surface area contributed by atoms with Crippen LogP contribution in [0, 0.1) is 28.6 Å². The molecule has 0 amide bonds. The summed E-state index contributed by atoms with van der Waals surface area (Å²) < 4.78 is 0. The Morgan fingerprint density at radius 3 is 1.58 bits per heavy atom. The maximum Gasteiger partial charge on any atom is 0.0203 e. The zero-order chi connectivity index (χ0) is 19.1. The number of hydrogen-bond acceptors (Lipinski definition) is 1. The summed E-state index contributed by atoms with van der Waals surface area (Å²) in [6.45, 7) is 26.7. The second-order valence-corrected chi connectivity index (χ2v) is 11.8. The highest BCUT2D eigenvalue weighted by atomic mass is 15.2. The summed E-state index contributed by atoms with van der Waals surface area (Å²) in [5, 5.41) is 0. The molecule has 0 saturated heterocycles.